The molecule has 0 aliphatic carbocycles. The number of aromatic nitrogens is 3. The van der Waals surface area contributed by atoms with Crippen LogP contribution in [0.4, 0.5) is 0 Å². The summed E-state index contributed by atoms with van der Waals surface area (Å²) in [6.45, 7) is 1.98. The van der Waals surface area contributed by atoms with Crippen LogP contribution in [-0.2, 0) is 0 Å². The Labute approximate surface area is 140 Å². The first kappa shape index (κ1) is 14.6. The van der Waals surface area contributed by atoms with Crippen molar-refractivity contribution < 1.29 is 0 Å². The van der Waals surface area contributed by atoms with Gasteiger partial charge in [-0.15, -0.1) is 0 Å². The van der Waals surface area contributed by atoms with Crippen molar-refractivity contribution in [1.29, 1.82) is 0 Å². The molecule has 0 saturated carbocycles. The number of hydrogen-bond donors (Lipinski definition) is 1. The second kappa shape index (κ2) is 5.91. The average molecular weight is 314 g/mol. The number of nitrogens with zero attached hydrogens (tertiary/aromatic N) is 3. The molecule has 2 N–H and O–H groups in total. The smallest absolute Gasteiger partial charge is 0.162 e. The molecule has 2 heterocycles. The molecule has 4 rings (SSSR count). The lowest BCUT2D eigenvalue weighted by Gasteiger charge is -2.07. The summed E-state index contributed by atoms with van der Waals surface area (Å²) in [6.07, 6.45) is 5.76. The fraction of sp³-hybridized carbons (Fsp3) is 0.100. The molecule has 4 nitrogen and oxygen atoms in total. The minimum Gasteiger partial charge on any atom is -0.324 e. The molecule has 0 saturated heterocycles. The normalized spacial score (nSPS) is 12.4. The molecule has 1 unspecified atom stereocenters. The Kier molecular flexibility index (Phi) is 3.59. The molecule has 0 fully saturated rings. The van der Waals surface area contributed by atoms with Gasteiger partial charge in [-0.1, -0.05) is 54.6 Å². The molecule has 118 valence electrons. The van der Waals surface area contributed by atoms with E-state index in [-0.39, 0.29) is 6.04 Å². The summed E-state index contributed by atoms with van der Waals surface area (Å²) in [5.41, 5.74) is 12.2. The van der Waals surface area contributed by atoms with E-state index in [1.165, 1.54) is 0 Å². The van der Waals surface area contributed by atoms with Gasteiger partial charge in [0.05, 0.1) is 6.20 Å². The van der Waals surface area contributed by atoms with Crippen LogP contribution in [0.3, 0.4) is 0 Å². The van der Waals surface area contributed by atoms with Gasteiger partial charge in [0.15, 0.2) is 5.65 Å². The van der Waals surface area contributed by atoms with Crippen LogP contribution in [0.25, 0.3) is 27.9 Å². The van der Waals surface area contributed by atoms with Gasteiger partial charge < -0.3 is 5.73 Å². The summed E-state index contributed by atoms with van der Waals surface area (Å²) in [6, 6.07) is 18.5. The molecule has 2 aromatic carbocycles. The van der Waals surface area contributed by atoms with Crippen LogP contribution in [0.2, 0.25) is 0 Å². The Morgan fingerprint density at radius 2 is 1.62 bits per heavy atom. The van der Waals surface area contributed by atoms with Crippen LogP contribution in [0, 0.1) is 0 Å². The molecule has 0 amide bonds. The summed E-state index contributed by atoms with van der Waals surface area (Å²) < 4.78 is 1.83. The monoisotopic (exact) mass is 314 g/mol. The van der Waals surface area contributed by atoms with Crippen LogP contribution in [0.1, 0.15) is 18.5 Å². The molecule has 2 aromatic heterocycles. The topological polar surface area (TPSA) is 56.2 Å². The molecule has 24 heavy (non-hydrogen) atoms. The molecule has 0 spiro atoms. The lowest BCUT2D eigenvalue weighted by Crippen LogP contribution is -2.04. The van der Waals surface area contributed by atoms with E-state index in [9.17, 15) is 0 Å². The van der Waals surface area contributed by atoms with E-state index >= 15 is 0 Å². The third-order valence-electron chi connectivity index (χ3n) is 4.21. The van der Waals surface area contributed by atoms with Gasteiger partial charge in [0.25, 0.3) is 0 Å². The van der Waals surface area contributed by atoms with E-state index in [0.717, 1.165) is 33.5 Å². The zero-order valence-corrected chi connectivity index (χ0v) is 13.4. The van der Waals surface area contributed by atoms with E-state index in [1.807, 2.05) is 48.2 Å². The fourth-order valence-electron chi connectivity index (χ4n) is 2.82. The maximum absolute atomic E-state index is 5.91. The first-order chi connectivity index (χ1) is 11.7. The Morgan fingerprint density at radius 3 is 2.33 bits per heavy atom. The van der Waals surface area contributed by atoms with Gasteiger partial charge in [0.1, 0.15) is 0 Å². The van der Waals surface area contributed by atoms with Crippen molar-refractivity contribution >= 4 is 5.65 Å². The van der Waals surface area contributed by atoms with E-state index in [1.54, 1.807) is 0 Å². The second-order valence-corrected chi connectivity index (χ2v) is 5.95. The summed E-state index contributed by atoms with van der Waals surface area (Å²) in [5.74, 6) is 0. The maximum atomic E-state index is 5.91. The highest BCUT2D eigenvalue weighted by Gasteiger charge is 2.09. The fourth-order valence-corrected chi connectivity index (χ4v) is 2.82. The third-order valence-corrected chi connectivity index (χ3v) is 4.21. The van der Waals surface area contributed by atoms with Gasteiger partial charge >= 0.3 is 0 Å². The molecule has 4 heteroatoms. The highest BCUT2D eigenvalue weighted by atomic mass is 15.2. The quantitative estimate of drug-likeness (QED) is 0.620. The van der Waals surface area contributed by atoms with Crippen molar-refractivity contribution in [2.45, 2.75) is 13.0 Å². The molecule has 0 radical (unpaired) electrons. The average Bonchev–Trinajstić information content (AvgIpc) is 3.05. The van der Waals surface area contributed by atoms with Crippen molar-refractivity contribution in [3.8, 4) is 22.3 Å². The first-order valence-corrected chi connectivity index (χ1v) is 7.97. The van der Waals surface area contributed by atoms with Gasteiger partial charge in [-0.05, 0) is 23.6 Å². The highest BCUT2D eigenvalue weighted by Crippen LogP contribution is 2.25. The lowest BCUT2D eigenvalue weighted by molar-refractivity contribution is 0.818. The molecular weight excluding hydrogens is 296 g/mol. The Balaban J connectivity index is 1.74. The zero-order valence-electron chi connectivity index (χ0n) is 13.4. The molecule has 0 aliphatic heterocycles. The van der Waals surface area contributed by atoms with Crippen molar-refractivity contribution in [3.05, 3.63) is 78.8 Å². The number of benzene rings is 2. The molecule has 0 bridgehead atoms. The van der Waals surface area contributed by atoms with Crippen LogP contribution in [-0.4, -0.2) is 14.6 Å². The van der Waals surface area contributed by atoms with Crippen molar-refractivity contribution in [2.24, 2.45) is 5.73 Å². The number of nitrogens with two attached hydrogens (primary N) is 1. The second-order valence-electron chi connectivity index (χ2n) is 5.95. The van der Waals surface area contributed by atoms with Crippen molar-refractivity contribution in [1.82, 2.24) is 14.6 Å². The highest BCUT2D eigenvalue weighted by molar-refractivity contribution is 5.77. The van der Waals surface area contributed by atoms with Gasteiger partial charge in [-0.2, -0.15) is 5.10 Å². The largest absolute Gasteiger partial charge is 0.324 e. The maximum Gasteiger partial charge on any atom is 0.162 e. The Morgan fingerprint density at radius 1 is 0.875 bits per heavy atom. The van der Waals surface area contributed by atoms with E-state index in [2.05, 4.69) is 46.5 Å². The summed E-state index contributed by atoms with van der Waals surface area (Å²) in [5, 5.41) is 4.46. The van der Waals surface area contributed by atoms with E-state index < -0.39 is 0 Å². The van der Waals surface area contributed by atoms with E-state index in [4.69, 9.17) is 5.73 Å². The van der Waals surface area contributed by atoms with Gasteiger partial charge in [-0.25, -0.2) is 9.50 Å². The Bertz CT molecular complexity index is 970. The predicted molar refractivity (Wildman–Crippen MR) is 96.5 cm³/mol. The molecular formula is C20H18N4. The molecule has 0 aliphatic rings. The number of fused-ring (bicyclic) bond motifs is 1. The summed E-state index contributed by atoms with van der Waals surface area (Å²) in [7, 11) is 0. The SMILES string of the molecule is CC(N)c1ccc(-c2cnc3c(-c4ccccc4)cnn3c2)cc1. The number of rotatable bonds is 3. The minimum absolute atomic E-state index is 0.0409. The Hall–Kier alpha value is -2.98. The van der Waals surface area contributed by atoms with Gasteiger partial charge in [0, 0.05) is 29.6 Å². The summed E-state index contributed by atoms with van der Waals surface area (Å²) in [4.78, 5) is 4.63. The third kappa shape index (κ3) is 2.57. The van der Waals surface area contributed by atoms with Gasteiger partial charge in [0.2, 0.25) is 0 Å². The number of hydrogen-bond acceptors (Lipinski definition) is 3. The van der Waals surface area contributed by atoms with Crippen LogP contribution in [0.5, 0.6) is 0 Å². The summed E-state index contributed by atoms with van der Waals surface area (Å²) >= 11 is 0. The lowest BCUT2D eigenvalue weighted by atomic mass is 10.0. The molecule has 4 aromatic rings. The van der Waals surface area contributed by atoms with Gasteiger partial charge in [-0.3, -0.25) is 0 Å². The van der Waals surface area contributed by atoms with Crippen molar-refractivity contribution in [3.63, 3.8) is 0 Å². The molecule has 1 atom stereocenters. The zero-order chi connectivity index (χ0) is 16.5. The van der Waals surface area contributed by atoms with Crippen LogP contribution >= 0.6 is 0 Å². The van der Waals surface area contributed by atoms with Crippen molar-refractivity contribution in [2.75, 3.05) is 0 Å². The first-order valence-electron chi connectivity index (χ1n) is 7.97. The van der Waals surface area contributed by atoms with E-state index in [0.29, 0.717) is 0 Å². The minimum atomic E-state index is 0.0409. The van der Waals surface area contributed by atoms with Crippen LogP contribution < -0.4 is 5.73 Å². The predicted octanol–water partition coefficient (Wildman–Crippen LogP) is 4.08. The van der Waals surface area contributed by atoms with Crippen LogP contribution in [0.15, 0.2) is 73.2 Å². The standard InChI is InChI=1S/C20H18N4/c1-14(21)15-7-9-16(10-8-15)18-11-22-20-19(12-23-24(20)13-18)17-5-3-2-4-6-17/h2-14H,21H2,1H3.